The third kappa shape index (κ3) is 4.74. The fourth-order valence-electron chi connectivity index (χ4n) is 1.99. The molecule has 106 valence electrons. The van der Waals surface area contributed by atoms with Gasteiger partial charge >= 0.3 is 0 Å². The van der Waals surface area contributed by atoms with E-state index in [9.17, 15) is 5.11 Å². The summed E-state index contributed by atoms with van der Waals surface area (Å²) in [5.41, 5.74) is 4.29. The number of hydrogen-bond donors (Lipinski definition) is 1. The number of benzene rings is 1. The molecule has 0 aliphatic rings. The largest absolute Gasteiger partial charge is 0.513 e. The van der Waals surface area contributed by atoms with Gasteiger partial charge in [-0.15, -0.1) is 0 Å². The van der Waals surface area contributed by atoms with Crippen LogP contribution in [0.3, 0.4) is 0 Å². The molecule has 19 heavy (non-hydrogen) atoms. The standard InChI is InChI=1S/C18H28O/c1-13(19)8-9-14-10-15(17(2,3)4)12-16(11-14)18(5,6)7/h10-12,19H,1,8-9H2,2-7H3. The molecule has 1 nitrogen and oxygen atoms in total. The zero-order valence-corrected chi connectivity index (χ0v) is 13.3. The Hall–Kier alpha value is -1.24. The van der Waals surface area contributed by atoms with E-state index in [4.69, 9.17) is 0 Å². The molecule has 0 unspecified atom stereocenters. The number of aliphatic hydroxyl groups excluding tert-OH is 1. The molecule has 0 aliphatic carbocycles. The van der Waals surface area contributed by atoms with E-state index in [0.717, 1.165) is 6.42 Å². The van der Waals surface area contributed by atoms with Crippen LogP contribution in [0.4, 0.5) is 0 Å². The molecule has 1 aromatic rings. The zero-order chi connectivity index (χ0) is 14.8. The lowest BCUT2D eigenvalue weighted by atomic mass is 9.79. The van der Waals surface area contributed by atoms with Gasteiger partial charge in [-0.2, -0.15) is 0 Å². The summed E-state index contributed by atoms with van der Waals surface area (Å²) in [4.78, 5) is 0. The molecule has 1 N–H and O–H groups in total. The van der Waals surface area contributed by atoms with Gasteiger partial charge in [0.25, 0.3) is 0 Å². The lowest BCUT2D eigenvalue weighted by Gasteiger charge is -2.26. The van der Waals surface area contributed by atoms with E-state index in [1.54, 1.807) is 0 Å². The molecule has 1 aromatic carbocycles. The van der Waals surface area contributed by atoms with Gasteiger partial charge in [-0.25, -0.2) is 0 Å². The zero-order valence-electron chi connectivity index (χ0n) is 13.3. The summed E-state index contributed by atoms with van der Waals surface area (Å²) in [7, 11) is 0. The van der Waals surface area contributed by atoms with Crippen molar-refractivity contribution >= 4 is 0 Å². The Morgan fingerprint density at radius 3 is 1.68 bits per heavy atom. The van der Waals surface area contributed by atoms with E-state index in [1.807, 2.05) is 0 Å². The van der Waals surface area contributed by atoms with Crippen molar-refractivity contribution in [1.82, 2.24) is 0 Å². The minimum atomic E-state index is 0.145. The van der Waals surface area contributed by atoms with Gasteiger partial charge in [0.05, 0.1) is 5.76 Å². The van der Waals surface area contributed by atoms with Crippen molar-refractivity contribution < 1.29 is 5.11 Å². The molecule has 0 aliphatic heterocycles. The normalized spacial score (nSPS) is 12.5. The number of aryl methyl sites for hydroxylation is 1. The fourth-order valence-corrected chi connectivity index (χ4v) is 1.99. The van der Waals surface area contributed by atoms with Crippen LogP contribution in [0.2, 0.25) is 0 Å². The topological polar surface area (TPSA) is 20.2 Å². The van der Waals surface area contributed by atoms with Gasteiger partial charge in [0.2, 0.25) is 0 Å². The molecule has 0 atom stereocenters. The SMILES string of the molecule is C=C(O)CCc1cc(C(C)(C)C)cc(C(C)(C)C)c1. The van der Waals surface area contributed by atoms with Crippen molar-refractivity contribution in [3.05, 3.63) is 47.2 Å². The van der Waals surface area contributed by atoms with Crippen molar-refractivity contribution in [2.75, 3.05) is 0 Å². The van der Waals surface area contributed by atoms with Crippen LogP contribution in [0.25, 0.3) is 0 Å². The predicted molar refractivity (Wildman–Crippen MR) is 83.9 cm³/mol. The lowest BCUT2D eigenvalue weighted by molar-refractivity contribution is 0.391. The Kier molecular flexibility index (Phi) is 4.50. The van der Waals surface area contributed by atoms with E-state index in [2.05, 4.69) is 66.3 Å². The van der Waals surface area contributed by atoms with Crippen LogP contribution >= 0.6 is 0 Å². The predicted octanol–water partition coefficient (Wildman–Crippen LogP) is 5.29. The molecule has 0 radical (unpaired) electrons. The molecule has 0 amide bonds. The molecular weight excluding hydrogens is 232 g/mol. The van der Waals surface area contributed by atoms with Crippen LogP contribution in [0.15, 0.2) is 30.5 Å². The second-order valence-electron chi connectivity index (χ2n) is 7.48. The van der Waals surface area contributed by atoms with Gasteiger partial charge in [-0.3, -0.25) is 0 Å². The van der Waals surface area contributed by atoms with Crippen molar-refractivity contribution in [2.24, 2.45) is 0 Å². The highest BCUT2D eigenvalue weighted by Gasteiger charge is 2.20. The first kappa shape index (κ1) is 15.8. The fraction of sp³-hybridized carbons (Fsp3) is 0.556. The number of allylic oxidation sites excluding steroid dienone is 1. The number of rotatable bonds is 3. The van der Waals surface area contributed by atoms with Crippen LogP contribution in [0, 0.1) is 0 Å². The third-order valence-corrected chi connectivity index (χ3v) is 3.43. The summed E-state index contributed by atoms with van der Waals surface area (Å²) < 4.78 is 0. The van der Waals surface area contributed by atoms with E-state index >= 15 is 0 Å². The molecule has 0 aromatic heterocycles. The van der Waals surface area contributed by atoms with Crippen LogP contribution in [-0.4, -0.2) is 5.11 Å². The Bertz CT molecular complexity index is 423. The molecule has 0 saturated heterocycles. The maximum absolute atomic E-state index is 9.28. The lowest BCUT2D eigenvalue weighted by Crippen LogP contribution is -2.17. The second-order valence-corrected chi connectivity index (χ2v) is 7.48. The number of aliphatic hydroxyl groups is 1. The van der Waals surface area contributed by atoms with Gasteiger partial charge in [0.1, 0.15) is 0 Å². The Labute approximate surface area is 118 Å². The van der Waals surface area contributed by atoms with Crippen molar-refractivity contribution in [2.45, 2.75) is 65.2 Å². The van der Waals surface area contributed by atoms with Gasteiger partial charge in [0.15, 0.2) is 0 Å². The van der Waals surface area contributed by atoms with Crippen molar-refractivity contribution in [1.29, 1.82) is 0 Å². The molecule has 0 bridgehead atoms. The van der Waals surface area contributed by atoms with Gasteiger partial charge in [0, 0.05) is 6.42 Å². The van der Waals surface area contributed by atoms with E-state index in [0.29, 0.717) is 6.42 Å². The summed E-state index contributed by atoms with van der Waals surface area (Å²) in [6.07, 6.45) is 1.49. The van der Waals surface area contributed by atoms with Gasteiger partial charge in [-0.1, -0.05) is 66.3 Å². The highest BCUT2D eigenvalue weighted by atomic mass is 16.3. The molecule has 0 spiro atoms. The average Bonchev–Trinajstić information content (AvgIpc) is 2.23. The molecular formula is C18H28O. The highest BCUT2D eigenvalue weighted by molar-refractivity contribution is 5.37. The van der Waals surface area contributed by atoms with Crippen molar-refractivity contribution in [3.63, 3.8) is 0 Å². The molecule has 1 heteroatoms. The third-order valence-electron chi connectivity index (χ3n) is 3.43. The minimum Gasteiger partial charge on any atom is -0.513 e. The second kappa shape index (κ2) is 5.40. The number of hydrogen-bond acceptors (Lipinski definition) is 1. The highest BCUT2D eigenvalue weighted by Crippen LogP contribution is 2.30. The van der Waals surface area contributed by atoms with Crippen LogP contribution in [0.5, 0.6) is 0 Å². The van der Waals surface area contributed by atoms with Crippen LogP contribution < -0.4 is 0 Å². The first-order valence-corrected chi connectivity index (χ1v) is 7.02. The van der Waals surface area contributed by atoms with Crippen LogP contribution in [-0.2, 0) is 17.3 Å². The average molecular weight is 260 g/mol. The first-order valence-electron chi connectivity index (χ1n) is 7.02. The molecule has 0 heterocycles. The van der Waals surface area contributed by atoms with Crippen LogP contribution in [0.1, 0.15) is 64.7 Å². The molecule has 0 saturated carbocycles. The quantitative estimate of drug-likeness (QED) is 0.732. The van der Waals surface area contributed by atoms with Crippen molar-refractivity contribution in [3.8, 4) is 0 Å². The Morgan fingerprint density at radius 1 is 0.947 bits per heavy atom. The first-order chi connectivity index (χ1) is 8.50. The maximum Gasteiger partial charge on any atom is 0.0854 e. The minimum absolute atomic E-state index is 0.145. The molecule has 1 rings (SSSR count). The Morgan fingerprint density at radius 2 is 1.37 bits per heavy atom. The molecule has 0 fully saturated rings. The van der Waals surface area contributed by atoms with Gasteiger partial charge in [-0.05, 0) is 33.9 Å². The Balaban J connectivity index is 3.21. The summed E-state index contributed by atoms with van der Waals surface area (Å²) in [6, 6.07) is 6.84. The van der Waals surface area contributed by atoms with E-state index in [1.165, 1.54) is 16.7 Å². The van der Waals surface area contributed by atoms with E-state index < -0.39 is 0 Å². The monoisotopic (exact) mass is 260 g/mol. The summed E-state index contributed by atoms with van der Waals surface area (Å²) in [6.45, 7) is 17.0. The smallest absolute Gasteiger partial charge is 0.0854 e. The maximum atomic E-state index is 9.28. The van der Waals surface area contributed by atoms with E-state index in [-0.39, 0.29) is 16.6 Å². The summed E-state index contributed by atoms with van der Waals surface area (Å²) in [5, 5.41) is 9.28. The van der Waals surface area contributed by atoms with Gasteiger partial charge < -0.3 is 5.11 Å². The summed E-state index contributed by atoms with van der Waals surface area (Å²) >= 11 is 0. The summed E-state index contributed by atoms with van der Waals surface area (Å²) in [5.74, 6) is 0.262.